The fraction of sp³-hybridized carbons (Fsp3) is 0.200. The topological polar surface area (TPSA) is 33.2 Å². The van der Waals surface area contributed by atoms with Gasteiger partial charge in [-0.15, -0.1) is 0 Å². The van der Waals surface area contributed by atoms with E-state index in [0.717, 1.165) is 15.7 Å². The third-order valence-electron chi connectivity index (χ3n) is 3.03. The highest BCUT2D eigenvalue weighted by Gasteiger charge is 2.18. The van der Waals surface area contributed by atoms with Crippen LogP contribution < -0.4 is 4.90 Å². The zero-order valence-corrected chi connectivity index (χ0v) is 12.5. The molecule has 0 atom stereocenters. The van der Waals surface area contributed by atoms with E-state index in [-0.39, 0.29) is 5.91 Å². The van der Waals surface area contributed by atoms with Crippen molar-refractivity contribution in [2.24, 2.45) is 0 Å². The monoisotopic (exact) mass is 318 g/mol. The Hall–Kier alpha value is -1.68. The van der Waals surface area contributed by atoms with Gasteiger partial charge in [0.1, 0.15) is 0 Å². The third kappa shape index (κ3) is 2.84. The number of hydrogen-bond acceptors (Lipinski definition) is 2. The Morgan fingerprint density at radius 2 is 1.95 bits per heavy atom. The van der Waals surface area contributed by atoms with Crippen LogP contribution >= 0.6 is 15.9 Å². The average Bonchev–Trinajstić information content (AvgIpc) is 2.44. The standard InChI is InChI=1S/C15H15BrN2O/c1-3-18(12-7-9-17-10-8-12)15(19)13-5-4-6-14(16)11(13)2/h4-10H,3H2,1-2H3. The van der Waals surface area contributed by atoms with Crippen molar-refractivity contribution in [1.82, 2.24) is 4.98 Å². The number of anilines is 1. The summed E-state index contributed by atoms with van der Waals surface area (Å²) in [4.78, 5) is 18.4. The first kappa shape index (κ1) is 13.7. The maximum Gasteiger partial charge on any atom is 0.258 e. The molecule has 2 aromatic rings. The first-order valence-corrected chi connectivity index (χ1v) is 6.91. The lowest BCUT2D eigenvalue weighted by Crippen LogP contribution is -2.31. The first-order valence-electron chi connectivity index (χ1n) is 6.12. The van der Waals surface area contributed by atoms with Crippen molar-refractivity contribution >= 4 is 27.5 Å². The lowest BCUT2D eigenvalue weighted by molar-refractivity contribution is 0.0987. The Bertz CT molecular complexity index is 584. The highest BCUT2D eigenvalue weighted by atomic mass is 79.9. The molecule has 0 spiro atoms. The molecule has 0 saturated carbocycles. The largest absolute Gasteiger partial charge is 0.309 e. The predicted molar refractivity (Wildman–Crippen MR) is 80.5 cm³/mol. The van der Waals surface area contributed by atoms with Crippen molar-refractivity contribution in [2.75, 3.05) is 11.4 Å². The van der Waals surface area contributed by atoms with Crippen molar-refractivity contribution < 1.29 is 4.79 Å². The van der Waals surface area contributed by atoms with E-state index in [1.807, 2.05) is 44.2 Å². The molecule has 0 aliphatic heterocycles. The van der Waals surface area contributed by atoms with E-state index in [1.165, 1.54) is 0 Å². The van der Waals surface area contributed by atoms with Gasteiger partial charge in [-0.1, -0.05) is 22.0 Å². The van der Waals surface area contributed by atoms with Gasteiger partial charge in [0.25, 0.3) is 5.91 Å². The van der Waals surface area contributed by atoms with E-state index in [4.69, 9.17) is 0 Å². The molecule has 0 N–H and O–H groups in total. The highest BCUT2D eigenvalue weighted by molar-refractivity contribution is 9.10. The first-order chi connectivity index (χ1) is 9.15. The molecule has 1 aromatic carbocycles. The molecule has 0 aliphatic carbocycles. The van der Waals surface area contributed by atoms with Gasteiger partial charge in [-0.3, -0.25) is 9.78 Å². The van der Waals surface area contributed by atoms with Crippen LogP contribution in [0.5, 0.6) is 0 Å². The zero-order chi connectivity index (χ0) is 13.8. The lowest BCUT2D eigenvalue weighted by Gasteiger charge is -2.22. The molecule has 1 aromatic heterocycles. The van der Waals surface area contributed by atoms with E-state index < -0.39 is 0 Å². The zero-order valence-electron chi connectivity index (χ0n) is 10.9. The summed E-state index contributed by atoms with van der Waals surface area (Å²) >= 11 is 3.46. The summed E-state index contributed by atoms with van der Waals surface area (Å²) in [6.07, 6.45) is 3.39. The van der Waals surface area contributed by atoms with Gasteiger partial charge in [-0.25, -0.2) is 0 Å². The highest BCUT2D eigenvalue weighted by Crippen LogP contribution is 2.23. The Kier molecular flexibility index (Phi) is 4.32. The normalized spacial score (nSPS) is 10.3. The Labute approximate surface area is 121 Å². The van der Waals surface area contributed by atoms with Crippen molar-refractivity contribution in [3.8, 4) is 0 Å². The second-order valence-corrected chi connectivity index (χ2v) is 5.02. The minimum absolute atomic E-state index is 0.00694. The molecule has 1 heterocycles. The summed E-state index contributed by atoms with van der Waals surface area (Å²) in [6, 6.07) is 9.36. The summed E-state index contributed by atoms with van der Waals surface area (Å²) in [5.41, 5.74) is 2.54. The number of benzene rings is 1. The predicted octanol–water partition coefficient (Wildman–Crippen LogP) is 3.82. The molecule has 0 unspecified atom stereocenters. The number of pyridine rings is 1. The van der Waals surface area contributed by atoms with Crippen LogP contribution in [-0.2, 0) is 0 Å². The van der Waals surface area contributed by atoms with Crippen LogP contribution in [0.1, 0.15) is 22.8 Å². The summed E-state index contributed by atoms with van der Waals surface area (Å²) in [7, 11) is 0. The molecule has 0 saturated heterocycles. The Morgan fingerprint density at radius 1 is 1.26 bits per heavy atom. The molecular formula is C15H15BrN2O. The Morgan fingerprint density at radius 3 is 2.58 bits per heavy atom. The molecule has 0 bridgehead atoms. The van der Waals surface area contributed by atoms with Crippen LogP contribution in [0.2, 0.25) is 0 Å². The van der Waals surface area contributed by atoms with E-state index >= 15 is 0 Å². The summed E-state index contributed by atoms with van der Waals surface area (Å²) in [5, 5.41) is 0. The second-order valence-electron chi connectivity index (χ2n) is 4.17. The van der Waals surface area contributed by atoms with Crippen molar-refractivity contribution in [1.29, 1.82) is 0 Å². The number of nitrogens with zero attached hydrogens (tertiary/aromatic N) is 2. The maximum absolute atomic E-state index is 12.6. The van der Waals surface area contributed by atoms with Crippen LogP contribution in [0.4, 0.5) is 5.69 Å². The van der Waals surface area contributed by atoms with Crippen LogP contribution in [0.3, 0.4) is 0 Å². The number of carbonyl (C=O) groups is 1. The molecular weight excluding hydrogens is 304 g/mol. The van der Waals surface area contributed by atoms with Crippen molar-refractivity contribution in [3.05, 3.63) is 58.3 Å². The van der Waals surface area contributed by atoms with Gasteiger partial charge in [-0.05, 0) is 43.7 Å². The quantitative estimate of drug-likeness (QED) is 0.862. The summed E-state index contributed by atoms with van der Waals surface area (Å²) in [6.45, 7) is 4.53. The molecule has 0 aliphatic rings. The minimum Gasteiger partial charge on any atom is -0.309 e. The minimum atomic E-state index is 0.00694. The molecule has 98 valence electrons. The number of aromatic nitrogens is 1. The van der Waals surface area contributed by atoms with Gasteiger partial charge in [0, 0.05) is 34.7 Å². The number of hydrogen-bond donors (Lipinski definition) is 0. The molecule has 0 fully saturated rings. The van der Waals surface area contributed by atoms with Gasteiger partial charge in [-0.2, -0.15) is 0 Å². The van der Waals surface area contributed by atoms with E-state index in [0.29, 0.717) is 12.1 Å². The van der Waals surface area contributed by atoms with Gasteiger partial charge in [0.2, 0.25) is 0 Å². The maximum atomic E-state index is 12.6. The van der Waals surface area contributed by atoms with Gasteiger partial charge in [0.15, 0.2) is 0 Å². The van der Waals surface area contributed by atoms with Crippen LogP contribution in [-0.4, -0.2) is 17.4 Å². The molecule has 2 rings (SSSR count). The molecule has 0 radical (unpaired) electrons. The van der Waals surface area contributed by atoms with E-state index in [2.05, 4.69) is 20.9 Å². The number of halogens is 1. The lowest BCUT2D eigenvalue weighted by atomic mass is 10.1. The number of amides is 1. The van der Waals surface area contributed by atoms with Gasteiger partial charge in [0.05, 0.1) is 0 Å². The second kappa shape index (κ2) is 5.97. The third-order valence-corrected chi connectivity index (χ3v) is 3.89. The number of carbonyl (C=O) groups excluding carboxylic acids is 1. The van der Waals surface area contributed by atoms with Crippen LogP contribution in [0.25, 0.3) is 0 Å². The molecule has 3 nitrogen and oxygen atoms in total. The van der Waals surface area contributed by atoms with Gasteiger partial charge < -0.3 is 4.90 Å². The fourth-order valence-electron chi connectivity index (χ4n) is 1.95. The summed E-state index contributed by atoms with van der Waals surface area (Å²) < 4.78 is 0.948. The van der Waals surface area contributed by atoms with E-state index in [1.54, 1.807) is 17.3 Å². The fourth-order valence-corrected chi connectivity index (χ4v) is 2.32. The SMILES string of the molecule is CCN(C(=O)c1cccc(Br)c1C)c1ccncc1. The molecule has 4 heteroatoms. The van der Waals surface area contributed by atoms with Crippen LogP contribution in [0, 0.1) is 6.92 Å². The number of rotatable bonds is 3. The van der Waals surface area contributed by atoms with E-state index in [9.17, 15) is 4.79 Å². The van der Waals surface area contributed by atoms with Crippen molar-refractivity contribution in [2.45, 2.75) is 13.8 Å². The Balaban J connectivity index is 2.39. The molecule has 1 amide bonds. The van der Waals surface area contributed by atoms with Crippen LogP contribution in [0.15, 0.2) is 47.2 Å². The summed E-state index contributed by atoms with van der Waals surface area (Å²) in [5.74, 6) is 0.00694. The van der Waals surface area contributed by atoms with Gasteiger partial charge >= 0.3 is 0 Å². The average molecular weight is 319 g/mol. The smallest absolute Gasteiger partial charge is 0.258 e. The molecule has 19 heavy (non-hydrogen) atoms. The van der Waals surface area contributed by atoms with Crippen molar-refractivity contribution in [3.63, 3.8) is 0 Å².